The Bertz CT molecular complexity index is 691. The Morgan fingerprint density at radius 2 is 2.00 bits per heavy atom. The van der Waals surface area contributed by atoms with E-state index in [9.17, 15) is 4.79 Å². The van der Waals surface area contributed by atoms with Crippen molar-refractivity contribution < 1.29 is 4.79 Å². The average molecular weight is 347 g/mol. The lowest BCUT2D eigenvalue weighted by Crippen LogP contribution is -2.48. The Hall–Kier alpha value is -1.85. The average Bonchev–Trinajstić information content (AvgIpc) is 3.23. The molecule has 128 valence electrons. The molecule has 1 amide bonds. The normalized spacial score (nSPS) is 25.1. The molecule has 0 saturated carbocycles. The third-order valence-corrected chi connectivity index (χ3v) is 5.18. The first-order chi connectivity index (χ1) is 11.2. The van der Waals surface area contributed by atoms with Crippen molar-refractivity contribution in [2.45, 2.75) is 43.8 Å². The van der Waals surface area contributed by atoms with Crippen molar-refractivity contribution in [3.05, 3.63) is 48.3 Å². The minimum Gasteiger partial charge on any atom is -0.339 e. The summed E-state index contributed by atoms with van der Waals surface area (Å²) in [7, 11) is 1.94. The minimum atomic E-state index is 0. The zero-order chi connectivity index (χ0) is 15.8. The van der Waals surface area contributed by atoms with Gasteiger partial charge in [-0.15, -0.1) is 12.4 Å². The smallest absolute Gasteiger partial charge is 0.253 e. The van der Waals surface area contributed by atoms with Gasteiger partial charge in [0.1, 0.15) is 0 Å². The van der Waals surface area contributed by atoms with Gasteiger partial charge in [-0.1, -0.05) is 6.07 Å². The maximum Gasteiger partial charge on any atom is 0.253 e. The van der Waals surface area contributed by atoms with Gasteiger partial charge in [-0.05, 0) is 49.9 Å². The molecule has 4 rings (SSSR count). The van der Waals surface area contributed by atoms with E-state index in [0.29, 0.717) is 18.1 Å². The minimum absolute atomic E-state index is 0. The van der Waals surface area contributed by atoms with Crippen LogP contribution in [-0.4, -0.2) is 45.8 Å². The molecule has 2 aliphatic heterocycles. The van der Waals surface area contributed by atoms with E-state index in [2.05, 4.69) is 10.4 Å². The molecule has 3 heterocycles. The van der Waals surface area contributed by atoms with Crippen molar-refractivity contribution in [2.24, 2.45) is 0 Å². The second-order valence-corrected chi connectivity index (χ2v) is 6.68. The van der Waals surface area contributed by atoms with E-state index in [1.807, 2.05) is 48.5 Å². The number of carbonyl (C=O) groups excluding carboxylic acids is 1. The van der Waals surface area contributed by atoms with Crippen molar-refractivity contribution in [3.8, 4) is 5.69 Å². The monoisotopic (exact) mass is 346 g/mol. The van der Waals surface area contributed by atoms with Gasteiger partial charge in [-0.2, -0.15) is 5.10 Å². The van der Waals surface area contributed by atoms with Crippen molar-refractivity contribution in [1.29, 1.82) is 0 Å². The number of aromatic nitrogens is 2. The molecule has 0 radical (unpaired) electrons. The fourth-order valence-electron chi connectivity index (χ4n) is 3.92. The van der Waals surface area contributed by atoms with Gasteiger partial charge in [-0.3, -0.25) is 4.79 Å². The van der Waals surface area contributed by atoms with Gasteiger partial charge in [0.25, 0.3) is 5.91 Å². The summed E-state index contributed by atoms with van der Waals surface area (Å²) in [6.45, 7) is 0. The number of rotatable bonds is 3. The van der Waals surface area contributed by atoms with E-state index in [1.54, 1.807) is 10.9 Å². The molecule has 2 fully saturated rings. The van der Waals surface area contributed by atoms with E-state index in [4.69, 9.17) is 0 Å². The van der Waals surface area contributed by atoms with Crippen LogP contribution in [0.15, 0.2) is 42.7 Å². The second-order valence-electron chi connectivity index (χ2n) is 6.68. The predicted octanol–water partition coefficient (Wildman–Crippen LogP) is 2.65. The number of amides is 1. The predicted molar refractivity (Wildman–Crippen MR) is 95.9 cm³/mol. The largest absolute Gasteiger partial charge is 0.339 e. The summed E-state index contributed by atoms with van der Waals surface area (Å²) >= 11 is 0. The lowest BCUT2D eigenvalue weighted by atomic mass is 9.98. The van der Waals surface area contributed by atoms with Crippen molar-refractivity contribution in [1.82, 2.24) is 20.0 Å². The number of nitrogens with one attached hydrogen (secondary N) is 1. The highest BCUT2D eigenvalue weighted by Gasteiger charge is 2.36. The van der Waals surface area contributed by atoms with Crippen molar-refractivity contribution in [3.63, 3.8) is 0 Å². The Labute approximate surface area is 148 Å². The van der Waals surface area contributed by atoms with Gasteiger partial charge in [0.2, 0.25) is 0 Å². The standard InChI is InChI=1S/C18H22N4O.ClH/c1-21(17-11-14-6-7-15(12-17)20-14)18(23)13-4-2-5-16(10-13)22-9-3-8-19-22;/h2-5,8-10,14-15,17,20H,6-7,11-12H2,1H3;1H. The van der Waals surface area contributed by atoms with Crippen LogP contribution < -0.4 is 5.32 Å². The molecule has 5 nitrogen and oxygen atoms in total. The first kappa shape index (κ1) is 17.0. The molecule has 1 aromatic heterocycles. The number of carbonyl (C=O) groups is 1. The molecule has 2 atom stereocenters. The number of nitrogens with zero attached hydrogens (tertiary/aromatic N) is 3. The first-order valence-electron chi connectivity index (χ1n) is 8.34. The van der Waals surface area contributed by atoms with Crippen molar-refractivity contribution in [2.75, 3.05) is 7.05 Å². The molecular formula is C18H23ClN4O. The van der Waals surface area contributed by atoms with Crippen LogP contribution in [-0.2, 0) is 0 Å². The van der Waals surface area contributed by atoms with Crippen LogP contribution in [0.4, 0.5) is 0 Å². The van der Waals surface area contributed by atoms with Gasteiger partial charge in [0, 0.05) is 43.1 Å². The summed E-state index contributed by atoms with van der Waals surface area (Å²) < 4.78 is 1.78. The Kier molecular flexibility index (Phi) is 4.92. The van der Waals surface area contributed by atoms with Gasteiger partial charge in [-0.25, -0.2) is 4.68 Å². The van der Waals surface area contributed by atoms with Crippen LogP contribution in [0, 0.1) is 0 Å². The summed E-state index contributed by atoms with van der Waals surface area (Å²) in [5.41, 5.74) is 1.64. The fourth-order valence-corrected chi connectivity index (χ4v) is 3.92. The van der Waals surface area contributed by atoms with Crippen LogP contribution in [0.2, 0.25) is 0 Å². The number of piperidine rings is 1. The van der Waals surface area contributed by atoms with Crippen LogP contribution in [0.3, 0.4) is 0 Å². The van der Waals surface area contributed by atoms with Gasteiger partial charge < -0.3 is 10.2 Å². The lowest BCUT2D eigenvalue weighted by molar-refractivity contribution is 0.0681. The molecular weight excluding hydrogens is 324 g/mol. The highest BCUT2D eigenvalue weighted by molar-refractivity contribution is 5.94. The van der Waals surface area contributed by atoms with E-state index in [0.717, 1.165) is 24.1 Å². The van der Waals surface area contributed by atoms with Crippen LogP contribution in [0.5, 0.6) is 0 Å². The van der Waals surface area contributed by atoms with E-state index in [-0.39, 0.29) is 18.3 Å². The number of hydrogen-bond donors (Lipinski definition) is 1. The molecule has 2 aromatic rings. The molecule has 2 aliphatic rings. The molecule has 2 saturated heterocycles. The summed E-state index contributed by atoms with van der Waals surface area (Å²) in [6.07, 6.45) is 8.26. The third-order valence-electron chi connectivity index (χ3n) is 5.18. The first-order valence-corrected chi connectivity index (χ1v) is 8.34. The van der Waals surface area contributed by atoms with Crippen molar-refractivity contribution >= 4 is 18.3 Å². The van der Waals surface area contributed by atoms with Gasteiger partial charge in [0.05, 0.1) is 5.69 Å². The number of benzene rings is 1. The second kappa shape index (κ2) is 6.95. The molecule has 2 unspecified atom stereocenters. The highest BCUT2D eigenvalue weighted by atomic mass is 35.5. The van der Waals surface area contributed by atoms with E-state index < -0.39 is 0 Å². The Morgan fingerprint density at radius 1 is 1.25 bits per heavy atom. The van der Waals surface area contributed by atoms with Crippen LogP contribution in [0.25, 0.3) is 5.69 Å². The maximum absolute atomic E-state index is 12.9. The SMILES string of the molecule is CN(C(=O)c1cccc(-n2cccn2)c1)C1CC2CCC(C1)N2.Cl. The Balaban J connectivity index is 0.00000169. The molecule has 1 N–H and O–H groups in total. The third kappa shape index (κ3) is 3.19. The molecule has 0 aliphatic carbocycles. The summed E-state index contributed by atoms with van der Waals surface area (Å²) in [5.74, 6) is 0.102. The lowest BCUT2D eigenvalue weighted by Gasteiger charge is -2.35. The van der Waals surface area contributed by atoms with Crippen LogP contribution in [0.1, 0.15) is 36.0 Å². The van der Waals surface area contributed by atoms with E-state index >= 15 is 0 Å². The fraction of sp³-hybridized carbons (Fsp3) is 0.444. The zero-order valence-corrected chi connectivity index (χ0v) is 14.6. The number of hydrogen-bond acceptors (Lipinski definition) is 3. The highest BCUT2D eigenvalue weighted by Crippen LogP contribution is 2.29. The Morgan fingerprint density at radius 3 is 2.67 bits per heavy atom. The number of halogens is 1. The molecule has 2 bridgehead atoms. The zero-order valence-electron chi connectivity index (χ0n) is 13.8. The topological polar surface area (TPSA) is 50.2 Å². The van der Waals surface area contributed by atoms with Gasteiger partial charge in [0.15, 0.2) is 0 Å². The number of fused-ring (bicyclic) bond motifs is 2. The maximum atomic E-state index is 12.9. The molecule has 1 aromatic carbocycles. The molecule has 6 heteroatoms. The summed E-state index contributed by atoms with van der Waals surface area (Å²) in [6, 6.07) is 11.1. The summed E-state index contributed by atoms with van der Waals surface area (Å²) in [4.78, 5) is 14.8. The molecule has 24 heavy (non-hydrogen) atoms. The molecule has 0 spiro atoms. The van der Waals surface area contributed by atoms with Gasteiger partial charge >= 0.3 is 0 Å². The van der Waals surface area contributed by atoms with Crippen LogP contribution >= 0.6 is 12.4 Å². The summed E-state index contributed by atoms with van der Waals surface area (Å²) in [5, 5.41) is 7.87. The quantitative estimate of drug-likeness (QED) is 0.929. The van der Waals surface area contributed by atoms with E-state index in [1.165, 1.54) is 12.8 Å².